The molecule has 1 aliphatic heterocycles. The Morgan fingerprint density at radius 3 is 2.35 bits per heavy atom. The first-order valence-corrected chi connectivity index (χ1v) is 9.31. The van der Waals surface area contributed by atoms with Crippen molar-refractivity contribution in [1.29, 1.82) is 0 Å². The minimum atomic E-state index is -4.63. The second-order valence-electron chi connectivity index (χ2n) is 6.90. The molecule has 8 nitrogen and oxygen atoms in total. The summed E-state index contributed by atoms with van der Waals surface area (Å²) in [6.07, 6.45) is 0.371. The zero-order chi connectivity index (χ0) is 22.4. The highest BCUT2D eigenvalue weighted by Gasteiger charge is 2.50. The van der Waals surface area contributed by atoms with Crippen molar-refractivity contribution < 1.29 is 27.6 Å². The van der Waals surface area contributed by atoms with Crippen LogP contribution in [0.2, 0.25) is 5.02 Å². The van der Waals surface area contributed by atoms with E-state index in [1.54, 1.807) is 0 Å². The minimum Gasteiger partial charge on any atom is -0.317 e. The van der Waals surface area contributed by atoms with Crippen LogP contribution in [0.3, 0.4) is 0 Å². The number of benzene rings is 1. The normalized spacial score (nSPS) is 18.8. The Morgan fingerprint density at radius 1 is 1.13 bits per heavy atom. The molecule has 0 aliphatic carbocycles. The van der Waals surface area contributed by atoms with Crippen molar-refractivity contribution in [3.05, 3.63) is 59.4 Å². The second kappa shape index (κ2) is 7.34. The Morgan fingerprint density at radius 2 is 1.77 bits per heavy atom. The summed E-state index contributed by atoms with van der Waals surface area (Å²) in [5.74, 6) is -1.19. The van der Waals surface area contributed by atoms with Crippen LogP contribution in [0.4, 0.5) is 18.0 Å². The smallest absolute Gasteiger partial charge is 0.317 e. The van der Waals surface area contributed by atoms with Crippen LogP contribution in [0.15, 0.2) is 43.0 Å². The Hall–Kier alpha value is -3.47. The summed E-state index contributed by atoms with van der Waals surface area (Å²) in [4.78, 5) is 44.9. The molecule has 3 heterocycles. The average Bonchev–Trinajstić information content (AvgIpc) is 3.25. The molecule has 0 bridgehead atoms. The topological polar surface area (TPSA) is 106 Å². The first-order chi connectivity index (χ1) is 14.6. The fourth-order valence-corrected chi connectivity index (χ4v) is 3.69. The number of rotatable bonds is 4. The maximum atomic E-state index is 13.1. The maximum Gasteiger partial charge on any atom is 0.417 e. The summed E-state index contributed by atoms with van der Waals surface area (Å²) >= 11 is 5.73. The number of aromatic nitrogens is 3. The molecule has 1 unspecified atom stereocenters. The molecule has 12 heteroatoms. The third-order valence-electron chi connectivity index (χ3n) is 4.93. The molecule has 1 aliphatic rings. The first kappa shape index (κ1) is 20.8. The predicted octanol–water partition coefficient (Wildman–Crippen LogP) is 3.26. The van der Waals surface area contributed by atoms with Gasteiger partial charge in [0.25, 0.3) is 5.91 Å². The second-order valence-corrected chi connectivity index (χ2v) is 7.31. The quantitative estimate of drug-likeness (QED) is 0.592. The standard InChI is InChI=1S/C19H13ClF3N5O3/c20-13-7-11-9-28(8-10(11)6-12(13)19(21,22)23)14(29)2-3-18(15-24-4-1-5-25-15)16(30)26-17(31)27-18/h1,4-9H,2-3H2,(H2,26,27,30,31). The summed E-state index contributed by atoms with van der Waals surface area (Å²) in [5, 5.41) is 4.63. The summed E-state index contributed by atoms with van der Waals surface area (Å²) in [5.41, 5.74) is -2.63. The predicted molar refractivity (Wildman–Crippen MR) is 102 cm³/mol. The number of hydrogen-bond acceptors (Lipinski definition) is 5. The van der Waals surface area contributed by atoms with Crippen molar-refractivity contribution in [2.75, 3.05) is 0 Å². The molecular weight excluding hydrogens is 439 g/mol. The van der Waals surface area contributed by atoms with Gasteiger partial charge in [0.05, 0.1) is 10.6 Å². The van der Waals surface area contributed by atoms with E-state index < -0.39 is 40.1 Å². The number of fused-ring (bicyclic) bond motifs is 1. The van der Waals surface area contributed by atoms with E-state index in [1.165, 1.54) is 30.9 Å². The highest BCUT2D eigenvalue weighted by molar-refractivity contribution is 6.32. The van der Waals surface area contributed by atoms with Crippen LogP contribution >= 0.6 is 11.6 Å². The maximum absolute atomic E-state index is 13.1. The number of carbonyl (C=O) groups is 3. The molecular formula is C19H13ClF3N5O3. The van der Waals surface area contributed by atoms with E-state index in [-0.39, 0.29) is 24.1 Å². The van der Waals surface area contributed by atoms with Gasteiger partial charge in [-0.15, -0.1) is 0 Å². The lowest BCUT2D eigenvalue weighted by Crippen LogP contribution is -2.45. The van der Waals surface area contributed by atoms with E-state index >= 15 is 0 Å². The van der Waals surface area contributed by atoms with Gasteiger partial charge in [0.2, 0.25) is 5.91 Å². The van der Waals surface area contributed by atoms with E-state index in [0.29, 0.717) is 5.39 Å². The van der Waals surface area contributed by atoms with E-state index in [4.69, 9.17) is 11.6 Å². The molecule has 0 spiro atoms. The molecule has 0 radical (unpaired) electrons. The highest BCUT2D eigenvalue weighted by Crippen LogP contribution is 2.37. The number of hydrogen-bond donors (Lipinski definition) is 2. The number of nitrogens with one attached hydrogen (secondary N) is 2. The van der Waals surface area contributed by atoms with Crippen LogP contribution in [-0.2, 0) is 16.5 Å². The van der Waals surface area contributed by atoms with Gasteiger partial charge in [-0.3, -0.25) is 19.5 Å². The van der Waals surface area contributed by atoms with E-state index in [1.807, 2.05) is 0 Å². The number of halogens is 4. The molecule has 1 atom stereocenters. The molecule has 160 valence electrons. The number of nitrogens with zero attached hydrogens (tertiary/aromatic N) is 3. The first-order valence-electron chi connectivity index (χ1n) is 8.93. The molecule has 2 aromatic heterocycles. The third kappa shape index (κ3) is 3.72. The zero-order valence-electron chi connectivity index (χ0n) is 15.5. The molecule has 0 saturated carbocycles. The fraction of sp³-hybridized carbons (Fsp3) is 0.211. The number of alkyl halides is 3. The van der Waals surface area contributed by atoms with Crippen LogP contribution in [0.5, 0.6) is 0 Å². The monoisotopic (exact) mass is 451 g/mol. The van der Waals surface area contributed by atoms with Crippen molar-refractivity contribution in [3.63, 3.8) is 0 Å². The van der Waals surface area contributed by atoms with Crippen molar-refractivity contribution >= 4 is 40.2 Å². The van der Waals surface area contributed by atoms with Crippen LogP contribution in [-0.4, -0.2) is 32.4 Å². The molecule has 3 aromatic rings. The minimum absolute atomic E-state index is 0.0189. The van der Waals surface area contributed by atoms with Gasteiger partial charge in [-0.2, -0.15) is 13.2 Å². The van der Waals surface area contributed by atoms with E-state index in [2.05, 4.69) is 20.6 Å². The molecule has 3 amide bonds. The lowest BCUT2D eigenvalue weighted by molar-refractivity contribution is -0.137. The van der Waals surface area contributed by atoms with Gasteiger partial charge in [-0.05, 0) is 24.6 Å². The zero-order valence-corrected chi connectivity index (χ0v) is 16.3. The highest BCUT2D eigenvalue weighted by atomic mass is 35.5. The van der Waals surface area contributed by atoms with E-state index in [0.717, 1.165) is 16.7 Å². The lowest BCUT2D eigenvalue weighted by Gasteiger charge is -2.23. The average molecular weight is 452 g/mol. The molecule has 31 heavy (non-hydrogen) atoms. The van der Waals surface area contributed by atoms with Gasteiger partial charge < -0.3 is 5.32 Å². The van der Waals surface area contributed by atoms with Crippen LogP contribution in [0.25, 0.3) is 10.8 Å². The Balaban J connectivity index is 1.61. The Labute approximate surface area is 177 Å². The van der Waals surface area contributed by atoms with Gasteiger partial charge in [0, 0.05) is 42.0 Å². The SMILES string of the molecule is O=C1NC(=O)C(CCC(=O)n2cc3cc(Cl)c(C(F)(F)F)cc3c2)(c2ncccn2)N1. The number of urea groups is 1. The van der Waals surface area contributed by atoms with Gasteiger partial charge in [0.15, 0.2) is 11.4 Å². The largest absolute Gasteiger partial charge is 0.417 e. The van der Waals surface area contributed by atoms with Crippen molar-refractivity contribution in [3.8, 4) is 0 Å². The van der Waals surface area contributed by atoms with Crippen molar-refractivity contribution in [2.24, 2.45) is 0 Å². The van der Waals surface area contributed by atoms with Crippen molar-refractivity contribution in [1.82, 2.24) is 25.2 Å². The lowest BCUT2D eigenvalue weighted by atomic mass is 9.92. The number of carbonyl (C=O) groups excluding carboxylic acids is 3. The third-order valence-corrected chi connectivity index (χ3v) is 5.24. The summed E-state index contributed by atoms with van der Waals surface area (Å²) in [6.45, 7) is 0. The van der Waals surface area contributed by atoms with E-state index in [9.17, 15) is 27.6 Å². The molecule has 4 rings (SSSR count). The number of amides is 3. The van der Waals surface area contributed by atoms with Gasteiger partial charge in [0.1, 0.15) is 0 Å². The van der Waals surface area contributed by atoms with Gasteiger partial charge in [-0.25, -0.2) is 14.8 Å². The van der Waals surface area contributed by atoms with Crippen molar-refractivity contribution in [2.45, 2.75) is 24.6 Å². The van der Waals surface area contributed by atoms with Crippen LogP contribution < -0.4 is 10.6 Å². The Kier molecular flexibility index (Phi) is 4.92. The summed E-state index contributed by atoms with van der Waals surface area (Å²) in [7, 11) is 0. The van der Waals surface area contributed by atoms with Gasteiger partial charge >= 0.3 is 12.2 Å². The molecule has 1 aromatic carbocycles. The molecule has 1 saturated heterocycles. The summed E-state index contributed by atoms with van der Waals surface area (Å²) in [6, 6.07) is 2.78. The molecule has 1 fully saturated rings. The number of imide groups is 1. The van der Waals surface area contributed by atoms with Gasteiger partial charge in [-0.1, -0.05) is 11.6 Å². The summed E-state index contributed by atoms with van der Waals surface area (Å²) < 4.78 is 40.3. The van der Waals surface area contributed by atoms with Crippen LogP contribution in [0, 0.1) is 0 Å². The van der Waals surface area contributed by atoms with Crippen LogP contribution in [0.1, 0.15) is 29.0 Å². The Bertz CT molecular complexity index is 1210. The fourth-order valence-electron chi connectivity index (χ4n) is 3.41. The molecule has 2 N–H and O–H groups in total.